The first-order chi connectivity index (χ1) is 6.49. The van der Waals surface area contributed by atoms with E-state index in [4.69, 9.17) is 4.74 Å². The molecular formula is C10H14N2O2. The lowest BCUT2D eigenvalue weighted by molar-refractivity contribution is -0.111. The van der Waals surface area contributed by atoms with Gasteiger partial charge in [0.1, 0.15) is 12.1 Å². The first-order valence-corrected chi connectivity index (χ1v) is 4.36. The molecule has 0 unspecified atom stereocenters. The van der Waals surface area contributed by atoms with E-state index in [9.17, 15) is 4.79 Å². The fourth-order valence-corrected chi connectivity index (χ4v) is 0.985. The molecule has 0 N–H and O–H groups in total. The second-order valence-corrected chi connectivity index (χ2v) is 3.71. The number of carbonyl (C=O) groups excluding carboxylic acids is 1. The SMILES string of the molecule is COc1cc(C)nc(C(C)(C)C=O)n1. The van der Waals surface area contributed by atoms with Crippen molar-refractivity contribution < 1.29 is 9.53 Å². The van der Waals surface area contributed by atoms with Crippen LogP contribution in [0.25, 0.3) is 0 Å². The summed E-state index contributed by atoms with van der Waals surface area (Å²) in [4.78, 5) is 19.1. The molecule has 4 heteroatoms. The van der Waals surface area contributed by atoms with Crippen molar-refractivity contribution in [1.29, 1.82) is 0 Å². The monoisotopic (exact) mass is 194 g/mol. The fourth-order valence-electron chi connectivity index (χ4n) is 0.985. The van der Waals surface area contributed by atoms with Crippen molar-refractivity contribution in [3.05, 3.63) is 17.6 Å². The Bertz CT molecular complexity index is 348. The Hall–Kier alpha value is -1.45. The topological polar surface area (TPSA) is 52.1 Å². The number of aryl methyl sites for hydroxylation is 1. The lowest BCUT2D eigenvalue weighted by Gasteiger charge is -2.15. The standard InChI is InChI=1S/C10H14N2O2/c1-7-5-8(14-4)12-9(11-7)10(2,3)6-13/h5-6H,1-4H3. The van der Waals surface area contributed by atoms with Crippen LogP contribution in [0.15, 0.2) is 6.07 Å². The highest BCUT2D eigenvalue weighted by atomic mass is 16.5. The zero-order valence-electron chi connectivity index (χ0n) is 8.87. The normalized spacial score (nSPS) is 11.1. The summed E-state index contributed by atoms with van der Waals surface area (Å²) in [7, 11) is 1.54. The zero-order valence-corrected chi connectivity index (χ0v) is 8.87. The number of aldehydes is 1. The summed E-state index contributed by atoms with van der Waals surface area (Å²) in [5.41, 5.74) is 0.126. The minimum Gasteiger partial charge on any atom is -0.481 e. The number of hydrogen-bond donors (Lipinski definition) is 0. The number of nitrogens with zero attached hydrogens (tertiary/aromatic N) is 2. The van der Waals surface area contributed by atoms with Crippen LogP contribution in [0.5, 0.6) is 5.88 Å². The van der Waals surface area contributed by atoms with Crippen molar-refractivity contribution in [3.63, 3.8) is 0 Å². The van der Waals surface area contributed by atoms with Crippen molar-refractivity contribution in [2.75, 3.05) is 7.11 Å². The molecule has 76 valence electrons. The summed E-state index contributed by atoms with van der Waals surface area (Å²) in [5.74, 6) is 0.978. The van der Waals surface area contributed by atoms with Gasteiger partial charge in [0.15, 0.2) is 0 Å². The molecule has 0 aliphatic heterocycles. The maximum absolute atomic E-state index is 10.8. The average molecular weight is 194 g/mol. The first-order valence-electron chi connectivity index (χ1n) is 4.36. The highest BCUT2D eigenvalue weighted by Crippen LogP contribution is 2.19. The van der Waals surface area contributed by atoms with E-state index in [1.54, 1.807) is 27.0 Å². The minimum absolute atomic E-state index is 0.488. The van der Waals surface area contributed by atoms with E-state index in [1.807, 2.05) is 6.92 Å². The number of ether oxygens (including phenoxy) is 1. The molecule has 0 saturated heterocycles. The Balaban J connectivity index is 3.21. The van der Waals surface area contributed by atoms with Crippen LogP contribution >= 0.6 is 0 Å². The lowest BCUT2D eigenvalue weighted by atomic mass is 9.95. The molecule has 4 nitrogen and oxygen atoms in total. The van der Waals surface area contributed by atoms with Gasteiger partial charge in [-0.2, -0.15) is 4.98 Å². The van der Waals surface area contributed by atoms with Gasteiger partial charge in [-0.05, 0) is 20.8 Å². The lowest BCUT2D eigenvalue weighted by Crippen LogP contribution is -2.22. The van der Waals surface area contributed by atoms with Gasteiger partial charge in [-0.25, -0.2) is 4.98 Å². The van der Waals surface area contributed by atoms with Crippen LogP contribution < -0.4 is 4.74 Å². The van der Waals surface area contributed by atoms with E-state index in [0.717, 1.165) is 12.0 Å². The Kier molecular flexibility index (Phi) is 2.84. The number of rotatable bonds is 3. The maximum Gasteiger partial charge on any atom is 0.216 e. The Morgan fingerprint density at radius 2 is 2.07 bits per heavy atom. The van der Waals surface area contributed by atoms with E-state index in [-0.39, 0.29) is 0 Å². The molecule has 0 fully saturated rings. The van der Waals surface area contributed by atoms with Gasteiger partial charge >= 0.3 is 0 Å². The predicted molar refractivity (Wildman–Crippen MR) is 52.4 cm³/mol. The molecule has 0 aromatic carbocycles. The van der Waals surface area contributed by atoms with Crippen molar-refractivity contribution in [2.24, 2.45) is 0 Å². The molecule has 0 aliphatic rings. The molecule has 0 atom stereocenters. The summed E-state index contributed by atoms with van der Waals surface area (Å²) in [6, 6.07) is 1.73. The third kappa shape index (κ3) is 2.07. The average Bonchev–Trinajstić information content (AvgIpc) is 2.16. The number of aromatic nitrogens is 2. The third-order valence-corrected chi connectivity index (χ3v) is 1.91. The van der Waals surface area contributed by atoms with Crippen LogP contribution in [0.1, 0.15) is 25.4 Å². The zero-order chi connectivity index (χ0) is 10.8. The summed E-state index contributed by atoms with van der Waals surface area (Å²) in [6.07, 6.45) is 0.835. The van der Waals surface area contributed by atoms with Gasteiger partial charge in [0.25, 0.3) is 0 Å². The first kappa shape index (κ1) is 10.6. The van der Waals surface area contributed by atoms with Gasteiger partial charge in [-0.1, -0.05) is 0 Å². The maximum atomic E-state index is 10.8. The molecule has 14 heavy (non-hydrogen) atoms. The smallest absolute Gasteiger partial charge is 0.216 e. The van der Waals surface area contributed by atoms with Gasteiger partial charge < -0.3 is 9.53 Å². The molecule has 0 aliphatic carbocycles. The van der Waals surface area contributed by atoms with Crippen LogP contribution in [-0.4, -0.2) is 23.4 Å². The van der Waals surface area contributed by atoms with Crippen LogP contribution in [-0.2, 0) is 10.2 Å². The summed E-state index contributed by atoms with van der Waals surface area (Å²) >= 11 is 0. The molecule has 0 saturated carbocycles. The van der Waals surface area contributed by atoms with E-state index in [0.29, 0.717) is 11.7 Å². The Morgan fingerprint density at radius 3 is 2.57 bits per heavy atom. The van der Waals surface area contributed by atoms with E-state index in [2.05, 4.69) is 9.97 Å². The Labute approximate surface area is 83.3 Å². The van der Waals surface area contributed by atoms with Crippen LogP contribution in [0.2, 0.25) is 0 Å². The molecule has 1 aromatic heterocycles. The van der Waals surface area contributed by atoms with Crippen molar-refractivity contribution in [1.82, 2.24) is 9.97 Å². The molecule has 0 radical (unpaired) electrons. The molecule has 0 spiro atoms. The van der Waals surface area contributed by atoms with Crippen molar-refractivity contribution in [3.8, 4) is 5.88 Å². The molecule has 0 amide bonds. The van der Waals surface area contributed by atoms with Gasteiger partial charge in [-0.15, -0.1) is 0 Å². The van der Waals surface area contributed by atoms with Crippen molar-refractivity contribution in [2.45, 2.75) is 26.2 Å². The highest BCUT2D eigenvalue weighted by Gasteiger charge is 2.23. The van der Waals surface area contributed by atoms with E-state index < -0.39 is 5.41 Å². The number of methoxy groups -OCH3 is 1. The molecule has 1 rings (SSSR count). The molecular weight excluding hydrogens is 180 g/mol. The fraction of sp³-hybridized carbons (Fsp3) is 0.500. The summed E-state index contributed by atoms with van der Waals surface area (Å²) in [6.45, 7) is 5.39. The summed E-state index contributed by atoms with van der Waals surface area (Å²) in [5, 5.41) is 0. The molecule has 0 bridgehead atoms. The number of carbonyl (C=O) groups is 1. The second kappa shape index (κ2) is 3.74. The van der Waals surface area contributed by atoms with Crippen LogP contribution in [0.3, 0.4) is 0 Å². The largest absolute Gasteiger partial charge is 0.481 e. The predicted octanol–water partition coefficient (Wildman–Crippen LogP) is 1.27. The van der Waals surface area contributed by atoms with Crippen molar-refractivity contribution >= 4 is 6.29 Å². The Morgan fingerprint density at radius 1 is 1.43 bits per heavy atom. The minimum atomic E-state index is -0.667. The van der Waals surface area contributed by atoms with Gasteiger partial charge in [0.05, 0.1) is 12.5 Å². The van der Waals surface area contributed by atoms with Gasteiger partial charge in [0.2, 0.25) is 5.88 Å². The molecule has 1 heterocycles. The molecule has 1 aromatic rings. The van der Waals surface area contributed by atoms with Gasteiger partial charge in [0, 0.05) is 11.8 Å². The summed E-state index contributed by atoms with van der Waals surface area (Å²) < 4.78 is 5.01. The second-order valence-electron chi connectivity index (χ2n) is 3.71. The number of hydrogen-bond acceptors (Lipinski definition) is 4. The third-order valence-electron chi connectivity index (χ3n) is 1.91. The highest BCUT2D eigenvalue weighted by molar-refractivity contribution is 5.65. The van der Waals surface area contributed by atoms with Gasteiger partial charge in [-0.3, -0.25) is 0 Å². The van der Waals surface area contributed by atoms with E-state index >= 15 is 0 Å². The van der Waals surface area contributed by atoms with E-state index in [1.165, 1.54) is 0 Å². The van der Waals surface area contributed by atoms with Crippen LogP contribution in [0, 0.1) is 6.92 Å². The quantitative estimate of drug-likeness (QED) is 0.680. The van der Waals surface area contributed by atoms with Crippen LogP contribution in [0.4, 0.5) is 0 Å².